The van der Waals surface area contributed by atoms with Crippen LogP contribution in [0.2, 0.25) is 0 Å². The summed E-state index contributed by atoms with van der Waals surface area (Å²) in [6.07, 6.45) is 5.94. The highest BCUT2D eigenvalue weighted by atomic mass is 16.5. The number of benzene rings is 2. The predicted octanol–water partition coefficient (Wildman–Crippen LogP) is 4.10. The van der Waals surface area contributed by atoms with E-state index < -0.39 is 0 Å². The van der Waals surface area contributed by atoms with Crippen LogP contribution in [0.1, 0.15) is 30.0 Å². The average molecular weight is 387 g/mol. The highest BCUT2D eigenvalue weighted by Gasteiger charge is 2.25. The molecule has 0 saturated carbocycles. The van der Waals surface area contributed by atoms with Gasteiger partial charge in [-0.2, -0.15) is 0 Å². The second-order valence-electron chi connectivity index (χ2n) is 7.38. The minimum Gasteiger partial charge on any atom is -0.497 e. The first kappa shape index (κ1) is 19.1. The van der Waals surface area contributed by atoms with Crippen LogP contribution in [0.5, 0.6) is 5.75 Å². The molecular formula is C24H25N3O2. The first-order valence-corrected chi connectivity index (χ1v) is 10.0. The number of carbonyl (C=O) groups is 1. The predicted molar refractivity (Wildman–Crippen MR) is 113 cm³/mol. The van der Waals surface area contributed by atoms with Gasteiger partial charge in [0.1, 0.15) is 5.75 Å². The number of carbonyl (C=O) groups excluding carboxylic acids is 1. The van der Waals surface area contributed by atoms with E-state index in [1.165, 1.54) is 0 Å². The third kappa shape index (κ3) is 4.62. The van der Waals surface area contributed by atoms with E-state index in [1.807, 2.05) is 65.7 Å². The Bertz CT molecular complexity index is 967. The van der Waals surface area contributed by atoms with Crippen LogP contribution in [0.4, 0.5) is 0 Å². The molecule has 0 aliphatic carbocycles. The molecule has 1 fully saturated rings. The van der Waals surface area contributed by atoms with Crippen LogP contribution < -0.4 is 4.74 Å². The zero-order chi connectivity index (χ0) is 20.1. The van der Waals surface area contributed by atoms with Gasteiger partial charge in [0, 0.05) is 30.8 Å². The van der Waals surface area contributed by atoms with Gasteiger partial charge in [0.25, 0.3) is 0 Å². The molecule has 0 radical (unpaired) electrons. The molecule has 4 rings (SSSR count). The largest absolute Gasteiger partial charge is 0.497 e. The molecule has 0 N–H and O–H groups in total. The number of ether oxygens (including phenoxy) is 1. The van der Waals surface area contributed by atoms with Crippen molar-refractivity contribution in [2.45, 2.75) is 25.2 Å². The molecule has 0 atom stereocenters. The number of piperidine rings is 1. The van der Waals surface area contributed by atoms with Crippen molar-refractivity contribution in [1.29, 1.82) is 0 Å². The topological polar surface area (TPSA) is 55.3 Å². The van der Waals surface area contributed by atoms with Crippen molar-refractivity contribution >= 4 is 5.91 Å². The van der Waals surface area contributed by atoms with Crippen LogP contribution in [0.3, 0.4) is 0 Å². The number of nitrogens with zero attached hydrogens (tertiary/aromatic N) is 3. The number of methoxy groups -OCH3 is 1. The second-order valence-corrected chi connectivity index (χ2v) is 7.38. The van der Waals surface area contributed by atoms with Crippen LogP contribution >= 0.6 is 0 Å². The fourth-order valence-corrected chi connectivity index (χ4v) is 3.81. The maximum absolute atomic E-state index is 12.6. The molecule has 1 amide bonds. The van der Waals surface area contributed by atoms with Gasteiger partial charge >= 0.3 is 0 Å². The molecule has 3 aromatic rings. The molecule has 1 aromatic heterocycles. The molecule has 5 heteroatoms. The number of rotatable bonds is 5. The van der Waals surface area contributed by atoms with Crippen molar-refractivity contribution in [3.8, 4) is 17.0 Å². The number of hydrogen-bond donors (Lipinski definition) is 0. The molecule has 0 spiro atoms. The van der Waals surface area contributed by atoms with Gasteiger partial charge in [-0.25, -0.2) is 4.98 Å². The molecular weight excluding hydrogens is 362 g/mol. The Kier molecular flexibility index (Phi) is 5.84. The van der Waals surface area contributed by atoms with Crippen molar-refractivity contribution in [3.05, 3.63) is 78.2 Å². The minimum atomic E-state index is 0.200. The van der Waals surface area contributed by atoms with E-state index in [9.17, 15) is 4.79 Å². The highest BCUT2D eigenvalue weighted by Crippen LogP contribution is 2.29. The summed E-state index contributed by atoms with van der Waals surface area (Å²) >= 11 is 0. The van der Waals surface area contributed by atoms with Crippen molar-refractivity contribution in [2.75, 3.05) is 20.2 Å². The molecule has 2 heterocycles. The molecule has 0 bridgehead atoms. The lowest BCUT2D eigenvalue weighted by Crippen LogP contribution is -2.38. The van der Waals surface area contributed by atoms with Crippen molar-refractivity contribution < 1.29 is 9.53 Å². The monoisotopic (exact) mass is 387 g/mol. The van der Waals surface area contributed by atoms with E-state index in [0.29, 0.717) is 12.3 Å². The quantitative estimate of drug-likeness (QED) is 0.661. The summed E-state index contributed by atoms with van der Waals surface area (Å²) in [4.78, 5) is 23.8. The fraction of sp³-hybridized carbons (Fsp3) is 0.292. The second kappa shape index (κ2) is 8.86. The van der Waals surface area contributed by atoms with Gasteiger partial charge in [0.15, 0.2) is 0 Å². The molecule has 1 aliphatic heterocycles. The standard InChI is InChI=1S/C24H25N3O2/c1-29-21-9-5-8-20(15-21)23-17-25-16-22(26-23)19-10-12-27(13-11-19)24(28)14-18-6-3-2-4-7-18/h2-9,15-17,19H,10-14H2,1H3. The summed E-state index contributed by atoms with van der Waals surface area (Å²) in [7, 11) is 1.66. The van der Waals surface area contributed by atoms with Gasteiger partial charge in [0.2, 0.25) is 5.91 Å². The van der Waals surface area contributed by atoms with E-state index in [0.717, 1.165) is 54.2 Å². The van der Waals surface area contributed by atoms with Gasteiger partial charge in [0.05, 0.1) is 31.1 Å². The van der Waals surface area contributed by atoms with Crippen molar-refractivity contribution in [1.82, 2.24) is 14.9 Å². The van der Waals surface area contributed by atoms with Crippen LogP contribution in [0.15, 0.2) is 67.0 Å². The molecule has 1 aliphatic rings. The van der Waals surface area contributed by atoms with E-state index in [1.54, 1.807) is 13.3 Å². The summed E-state index contributed by atoms with van der Waals surface area (Å²) in [5.41, 5.74) is 3.91. The SMILES string of the molecule is COc1cccc(-c2cncc(C3CCN(C(=O)Cc4ccccc4)CC3)n2)c1. The Morgan fingerprint density at radius 1 is 1.07 bits per heavy atom. The average Bonchev–Trinajstić information content (AvgIpc) is 2.80. The molecule has 148 valence electrons. The van der Waals surface area contributed by atoms with Crippen LogP contribution in [0.25, 0.3) is 11.3 Å². The number of aromatic nitrogens is 2. The normalized spacial score (nSPS) is 14.6. The Balaban J connectivity index is 1.40. The maximum Gasteiger partial charge on any atom is 0.226 e. The van der Waals surface area contributed by atoms with Crippen LogP contribution in [-0.4, -0.2) is 41.0 Å². The van der Waals surface area contributed by atoms with E-state index >= 15 is 0 Å². The van der Waals surface area contributed by atoms with Gasteiger partial charge < -0.3 is 9.64 Å². The lowest BCUT2D eigenvalue weighted by Gasteiger charge is -2.32. The number of likely N-dealkylation sites (tertiary alicyclic amines) is 1. The number of hydrogen-bond acceptors (Lipinski definition) is 4. The lowest BCUT2D eigenvalue weighted by atomic mass is 9.93. The summed E-state index contributed by atoms with van der Waals surface area (Å²) in [6.45, 7) is 1.53. The minimum absolute atomic E-state index is 0.200. The van der Waals surface area contributed by atoms with Crippen LogP contribution in [0, 0.1) is 0 Å². The molecule has 0 unspecified atom stereocenters. The summed E-state index contributed by atoms with van der Waals surface area (Å²) in [5.74, 6) is 1.33. The highest BCUT2D eigenvalue weighted by molar-refractivity contribution is 5.78. The van der Waals surface area contributed by atoms with Crippen molar-refractivity contribution in [3.63, 3.8) is 0 Å². The zero-order valence-corrected chi connectivity index (χ0v) is 16.6. The molecule has 2 aromatic carbocycles. The van der Waals surface area contributed by atoms with E-state index in [4.69, 9.17) is 9.72 Å². The maximum atomic E-state index is 12.6. The number of amides is 1. The zero-order valence-electron chi connectivity index (χ0n) is 16.6. The van der Waals surface area contributed by atoms with Gasteiger partial charge in [-0.3, -0.25) is 9.78 Å². The Morgan fingerprint density at radius 3 is 2.62 bits per heavy atom. The Hall–Kier alpha value is -3.21. The smallest absolute Gasteiger partial charge is 0.226 e. The van der Waals surface area contributed by atoms with Crippen molar-refractivity contribution in [2.24, 2.45) is 0 Å². The van der Waals surface area contributed by atoms with E-state index in [-0.39, 0.29) is 5.91 Å². The fourth-order valence-electron chi connectivity index (χ4n) is 3.81. The summed E-state index contributed by atoms with van der Waals surface area (Å²) < 4.78 is 5.31. The Labute approximate surface area is 171 Å². The van der Waals surface area contributed by atoms with Gasteiger partial charge in [-0.15, -0.1) is 0 Å². The van der Waals surface area contributed by atoms with E-state index in [2.05, 4.69) is 4.98 Å². The van der Waals surface area contributed by atoms with Crippen LogP contribution in [-0.2, 0) is 11.2 Å². The molecule has 29 heavy (non-hydrogen) atoms. The Morgan fingerprint density at radius 2 is 1.86 bits per heavy atom. The summed E-state index contributed by atoms with van der Waals surface area (Å²) in [6, 6.07) is 17.8. The molecule has 1 saturated heterocycles. The lowest BCUT2D eigenvalue weighted by molar-refractivity contribution is -0.131. The van der Waals surface area contributed by atoms with Gasteiger partial charge in [-0.1, -0.05) is 42.5 Å². The molecule has 5 nitrogen and oxygen atoms in total. The first-order valence-electron chi connectivity index (χ1n) is 10.0. The first-order chi connectivity index (χ1) is 14.2. The summed E-state index contributed by atoms with van der Waals surface area (Å²) in [5, 5.41) is 0. The van der Waals surface area contributed by atoms with Gasteiger partial charge in [-0.05, 0) is 30.5 Å². The third-order valence-electron chi connectivity index (χ3n) is 5.48. The third-order valence-corrected chi connectivity index (χ3v) is 5.48.